The Bertz CT molecular complexity index is 976. The van der Waals surface area contributed by atoms with Gasteiger partial charge in [-0.15, -0.1) is 21.5 Å². The molecule has 8 heteroatoms. The molecule has 7 nitrogen and oxygen atoms in total. The Morgan fingerprint density at radius 1 is 1.12 bits per heavy atom. The largest absolute Gasteiger partial charge is 0.459 e. The van der Waals surface area contributed by atoms with E-state index in [4.69, 9.17) is 13.6 Å². The number of aromatic nitrogens is 3. The van der Waals surface area contributed by atoms with Gasteiger partial charge in [0, 0.05) is 10.9 Å². The average Bonchev–Trinajstić information content (AvgIpc) is 3.41. The Morgan fingerprint density at radius 3 is 2.80 bits per heavy atom. The molecule has 0 saturated carbocycles. The van der Waals surface area contributed by atoms with Gasteiger partial charge in [0.15, 0.2) is 18.1 Å². The number of thiazole rings is 1. The molecule has 0 aliphatic heterocycles. The summed E-state index contributed by atoms with van der Waals surface area (Å²) in [6, 6.07) is 13.0. The lowest BCUT2D eigenvalue weighted by atomic mass is 10.2. The smallest absolute Gasteiger partial charge is 0.358 e. The maximum absolute atomic E-state index is 12.1. The van der Waals surface area contributed by atoms with Crippen LogP contribution in [0, 0.1) is 0 Å². The van der Waals surface area contributed by atoms with Gasteiger partial charge in [0.2, 0.25) is 0 Å². The van der Waals surface area contributed by atoms with E-state index in [0.717, 1.165) is 10.6 Å². The summed E-state index contributed by atoms with van der Waals surface area (Å²) in [7, 11) is 0. The van der Waals surface area contributed by atoms with Crippen molar-refractivity contribution in [3.05, 3.63) is 65.7 Å². The number of nitrogens with zero attached hydrogens (tertiary/aromatic N) is 3. The minimum absolute atomic E-state index is 0.134. The maximum atomic E-state index is 12.1. The van der Waals surface area contributed by atoms with Crippen molar-refractivity contribution in [3.63, 3.8) is 0 Å². The fourth-order valence-electron chi connectivity index (χ4n) is 2.09. The summed E-state index contributed by atoms with van der Waals surface area (Å²) in [6.07, 6.45) is 1.51. The molecule has 0 unspecified atom stereocenters. The first-order valence-electron chi connectivity index (χ1n) is 7.34. The number of hydrogen-bond donors (Lipinski definition) is 0. The van der Waals surface area contributed by atoms with Gasteiger partial charge in [-0.05, 0) is 12.1 Å². The average molecular weight is 353 g/mol. The highest BCUT2D eigenvalue weighted by Crippen LogP contribution is 2.24. The van der Waals surface area contributed by atoms with Crippen molar-refractivity contribution in [2.45, 2.75) is 6.61 Å². The van der Waals surface area contributed by atoms with Gasteiger partial charge in [0.1, 0.15) is 5.01 Å². The van der Waals surface area contributed by atoms with Gasteiger partial charge in [-0.1, -0.05) is 30.3 Å². The number of carbonyl (C=O) groups is 1. The summed E-state index contributed by atoms with van der Waals surface area (Å²) in [5.41, 5.74) is 1.20. The van der Waals surface area contributed by atoms with Gasteiger partial charge < -0.3 is 13.6 Å². The van der Waals surface area contributed by atoms with E-state index in [9.17, 15) is 4.79 Å². The molecule has 1 aromatic carbocycles. The predicted molar refractivity (Wildman–Crippen MR) is 88.7 cm³/mol. The van der Waals surface area contributed by atoms with Gasteiger partial charge >= 0.3 is 5.97 Å². The molecule has 0 bridgehead atoms. The van der Waals surface area contributed by atoms with E-state index in [1.165, 1.54) is 17.6 Å². The highest BCUT2D eigenvalue weighted by Gasteiger charge is 2.16. The van der Waals surface area contributed by atoms with Crippen molar-refractivity contribution in [3.8, 4) is 22.2 Å². The van der Waals surface area contributed by atoms with Crippen LogP contribution in [0.5, 0.6) is 0 Å². The summed E-state index contributed by atoms with van der Waals surface area (Å²) < 4.78 is 15.7. The van der Waals surface area contributed by atoms with E-state index >= 15 is 0 Å². The van der Waals surface area contributed by atoms with Crippen LogP contribution in [0.4, 0.5) is 0 Å². The maximum Gasteiger partial charge on any atom is 0.358 e. The first-order valence-corrected chi connectivity index (χ1v) is 8.22. The Balaban J connectivity index is 1.40. The lowest BCUT2D eigenvalue weighted by Crippen LogP contribution is -2.05. The van der Waals surface area contributed by atoms with Gasteiger partial charge in [-0.2, -0.15) is 0 Å². The van der Waals surface area contributed by atoms with E-state index in [2.05, 4.69) is 15.2 Å². The zero-order valence-corrected chi connectivity index (χ0v) is 13.6. The van der Waals surface area contributed by atoms with Crippen molar-refractivity contribution in [1.29, 1.82) is 0 Å². The van der Waals surface area contributed by atoms with Crippen LogP contribution in [0.3, 0.4) is 0 Å². The Morgan fingerprint density at radius 2 is 2.00 bits per heavy atom. The Kier molecular flexibility index (Phi) is 4.09. The Labute approximate surface area is 145 Å². The molecule has 124 valence electrons. The highest BCUT2D eigenvalue weighted by molar-refractivity contribution is 7.13. The number of carbonyl (C=O) groups excluding carboxylic acids is 1. The van der Waals surface area contributed by atoms with E-state index < -0.39 is 5.97 Å². The molecule has 0 spiro atoms. The van der Waals surface area contributed by atoms with Crippen molar-refractivity contribution in [1.82, 2.24) is 15.2 Å². The fraction of sp³-hybridized carbons (Fsp3) is 0.0588. The van der Waals surface area contributed by atoms with Crippen LogP contribution >= 0.6 is 11.3 Å². The number of hydrogen-bond acceptors (Lipinski definition) is 8. The molecule has 0 amide bonds. The zero-order valence-electron chi connectivity index (χ0n) is 12.8. The molecule has 0 N–H and O–H groups in total. The third kappa shape index (κ3) is 3.33. The topological polar surface area (TPSA) is 91.2 Å². The predicted octanol–water partition coefficient (Wildman–Crippen LogP) is 3.81. The van der Waals surface area contributed by atoms with Crippen LogP contribution < -0.4 is 0 Å². The fourth-order valence-corrected chi connectivity index (χ4v) is 2.89. The second-order valence-electron chi connectivity index (χ2n) is 4.96. The van der Waals surface area contributed by atoms with Crippen LogP contribution in [0.15, 0.2) is 62.9 Å². The third-order valence-corrected chi connectivity index (χ3v) is 4.15. The van der Waals surface area contributed by atoms with Crippen molar-refractivity contribution in [2.24, 2.45) is 0 Å². The number of benzene rings is 1. The van der Waals surface area contributed by atoms with E-state index in [1.807, 2.05) is 30.3 Å². The first kappa shape index (κ1) is 15.3. The minimum Gasteiger partial charge on any atom is -0.459 e. The van der Waals surface area contributed by atoms with Crippen LogP contribution in [0.1, 0.15) is 16.4 Å². The van der Waals surface area contributed by atoms with E-state index in [1.54, 1.807) is 17.5 Å². The van der Waals surface area contributed by atoms with Crippen molar-refractivity contribution in [2.75, 3.05) is 0 Å². The van der Waals surface area contributed by atoms with Gasteiger partial charge in [-0.3, -0.25) is 0 Å². The number of rotatable bonds is 5. The summed E-state index contributed by atoms with van der Waals surface area (Å²) in [4.78, 5) is 16.4. The quantitative estimate of drug-likeness (QED) is 0.504. The molecule has 0 saturated heterocycles. The molecule has 25 heavy (non-hydrogen) atoms. The van der Waals surface area contributed by atoms with E-state index in [-0.39, 0.29) is 24.1 Å². The number of ether oxygens (including phenoxy) is 1. The van der Waals surface area contributed by atoms with Crippen LogP contribution in [0.25, 0.3) is 22.2 Å². The van der Waals surface area contributed by atoms with Crippen molar-refractivity contribution < 1.29 is 18.4 Å². The normalized spacial score (nSPS) is 10.7. The molecular weight excluding hydrogens is 342 g/mol. The zero-order chi connectivity index (χ0) is 17.1. The monoisotopic (exact) mass is 353 g/mol. The van der Waals surface area contributed by atoms with Crippen LogP contribution in [-0.4, -0.2) is 21.2 Å². The van der Waals surface area contributed by atoms with Crippen LogP contribution in [-0.2, 0) is 11.3 Å². The highest BCUT2D eigenvalue weighted by atomic mass is 32.1. The molecule has 0 fully saturated rings. The molecule has 3 heterocycles. The van der Waals surface area contributed by atoms with Gasteiger partial charge in [-0.25, -0.2) is 9.78 Å². The summed E-state index contributed by atoms with van der Waals surface area (Å²) >= 11 is 1.38. The Hall–Kier alpha value is -3.26. The van der Waals surface area contributed by atoms with E-state index in [0.29, 0.717) is 5.76 Å². The molecule has 4 rings (SSSR count). The summed E-state index contributed by atoms with van der Waals surface area (Å²) in [6.45, 7) is -0.134. The molecular formula is C17H11N3O4S. The first-order chi connectivity index (χ1) is 12.3. The third-order valence-electron chi connectivity index (χ3n) is 3.26. The minimum atomic E-state index is -0.545. The number of esters is 1. The summed E-state index contributed by atoms with van der Waals surface area (Å²) in [5, 5.41) is 10.1. The van der Waals surface area contributed by atoms with Gasteiger partial charge in [0.05, 0.1) is 6.26 Å². The number of furan rings is 1. The molecule has 0 atom stereocenters. The summed E-state index contributed by atoms with van der Waals surface area (Å²) in [5.74, 6) is 0.322. The molecule has 0 aliphatic carbocycles. The molecule has 0 aliphatic rings. The standard InChI is InChI=1S/C17H11N3O4S/c21-17(12-10-25-16(18-12)11-5-2-1-3-6-11)23-9-14-19-20-15(24-14)13-7-4-8-22-13/h1-8,10H,9H2. The second-order valence-corrected chi connectivity index (χ2v) is 5.82. The lowest BCUT2D eigenvalue weighted by Gasteiger charge is -1.98. The lowest BCUT2D eigenvalue weighted by molar-refractivity contribution is 0.0432. The molecule has 0 radical (unpaired) electrons. The molecule has 3 aromatic heterocycles. The van der Waals surface area contributed by atoms with Crippen LogP contribution in [0.2, 0.25) is 0 Å². The molecule has 4 aromatic rings. The SMILES string of the molecule is O=C(OCc1nnc(-c2ccco2)o1)c1csc(-c2ccccc2)n1. The van der Waals surface area contributed by atoms with Crippen molar-refractivity contribution >= 4 is 17.3 Å². The second kappa shape index (κ2) is 6.70. The van der Waals surface area contributed by atoms with Gasteiger partial charge in [0.25, 0.3) is 11.8 Å².